The maximum absolute atomic E-state index is 13.0. The van der Waals surface area contributed by atoms with Crippen molar-refractivity contribution >= 4 is 16.1 Å². The average Bonchev–Trinajstić information content (AvgIpc) is 3.41. The monoisotopic (exact) mass is 547 g/mol. The molecule has 1 aromatic carbocycles. The van der Waals surface area contributed by atoms with Gasteiger partial charge in [-0.1, -0.05) is 63.4 Å². The molecule has 0 radical (unpaired) electrons. The third-order valence-electron chi connectivity index (χ3n) is 7.23. The number of rotatable bonds is 16. The molecule has 2 amide bonds. The molecular weight excluding hydrogens is 502 g/mol. The van der Waals surface area contributed by atoms with Crippen LogP contribution < -0.4 is 15.4 Å². The Morgan fingerprint density at radius 2 is 1.84 bits per heavy atom. The molecule has 3 rings (SSSR count). The van der Waals surface area contributed by atoms with Gasteiger partial charge in [0.1, 0.15) is 5.82 Å². The van der Waals surface area contributed by atoms with Crippen molar-refractivity contribution in [1.29, 1.82) is 0 Å². The minimum absolute atomic E-state index is 0.0506. The van der Waals surface area contributed by atoms with Gasteiger partial charge in [-0.3, -0.25) is 5.10 Å². The summed E-state index contributed by atoms with van der Waals surface area (Å²) in [6.45, 7) is 7.54. The standard InChI is InChI=1S/C27H45N7O3S/c1-3-34(4-2)18-11-19-38(36,37)33-24(17-16-22-12-7-5-8-13-22)26-30-25(31-32-26)21-29-27(35)28-20-23-14-9-6-10-15-23/h5,7-8,12-13,23-24,33H,3-4,6,9-11,14-21H2,1-2H3,(H2,28,29,35)(H,30,31,32)/t24-/m1/s1. The number of benzene rings is 1. The molecule has 2 aromatic rings. The highest BCUT2D eigenvalue weighted by Crippen LogP contribution is 2.22. The van der Waals surface area contributed by atoms with Gasteiger partial charge in [-0.15, -0.1) is 0 Å². The number of carbonyl (C=O) groups excluding carboxylic acids is 1. The van der Waals surface area contributed by atoms with Crippen LogP contribution in [0.15, 0.2) is 30.3 Å². The van der Waals surface area contributed by atoms with Gasteiger partial charge in [0.25, 0.3) is 0 Å². The highest BCUT2D eigenvalue weighted by molar-refractivity contribution is 7.89. The number of aryl methyl sites for hydroxylation is 1. The maximum Gasteiger partial charge on any atom is 0.315 e. The molecular formula is C27H45N7O3S. The second kappa shape index (κ2) is 15.8. The van der Waals surface area contributed by atoms with E-state index in [0.717, 1.165) is 25.2 Å². The fourth-order valence-corrected chi connectivity index (χ4v) is 6.19. The van der Waals surface area contributed by atoms with Crippen LogP contribution in [0.3, 0.4) is 0 Å². The van der Waals surface area contributed by atoms with Crippen molar-refractivity contribution in [2.75, 3.05) is 31.9 Å². The molecule has 10 nitrogen and oxygen atoms in total. The van der Waals surface area contributed by atoms with Crippen molar-refractivity contribution in [1.82, 2.24) is 35.4 Å². The van der Waals surface area contributed by atoms with Gasteiger partial charge < -0.3 is 15.5 Å². The van der Waals surface area contributed by atoms with Gasteiger partial charge in [0, 0.05) is 6.54 Å². The van der Waals surface area contributed by atoms with E-state index in [-0.39, 0.29) is 18.3 Å². The summed E-state index contributed by atoms with van der Waals surface area (Å²) in [7, 11) is -3.52. The lowest BCUT2D eigenvalue weighted by molar-refractivity contribution is 0.235. The van der Waals surface area contributed by atoms with E-state index in [1.165, 1.54) is 32.1 Å². The first kappa shape index (κ1) is 30.0. The molecule has 0 unspecified atom stereocenters. The predicted molar refractivity (Wildman–Crippen MR) is 150 cm³/mol. The SMILES string of the molecule is CCN(CC)CCCS(=O)(=O)N[C@H](CCc1ccccc1)c1nc(CNC(=O)NCC2CCCCC2)n[nH]1. The molecule has 0 aliphatic heterocycles. The van der Waals surface area contributed by atoms with E-state index in [1.807, 2.05) is 30.3 Å². The number of aromatic amines is 1. The molecule has 0 saturated heterocycles. The molecule has 4 N–H and O–H groups in total. The van der Waals surface area contributed by atoms with E-state index < -0.39 is 16.1 Å². The number of hydrogen-bond donors (Lipinski definition) is 4. The lowest BCUT2D eigenvalue weighted by Crippen LogP contribution is -2.38. The number of H-pyrrole nitrogens is 1. The van der Waals surface area contributed by atoms with Gasteiger partial charge in [-0.2, -0.15) is 5.10 Å². The predicted octanol–water partition coefficient (Wildman–Crippen LogP) is 3.51. The third-order valence-corrected chi connectivity index (χ3v) is 8.70. The van der Waals surface area contributed by atoms with Gasteiger partial charge >= 0.3 is 6.03 Å². The van der Waals surface area contributed by atoms with E-state index in [2.05, 4.69) is 49.3 Å². The molecule has 1 heterocycles. The first-order valence-electron chi connectivity index (χ1n) is 14.1. The molecule has 1 aliphatic rings. The van der Waals surface area contributed by atoms with E-state index >= 15 is 0 Å². The lowest BCUT2D eigenvalue weighted by Gasteiger charge is -2.21. The summed E-state index contributed by atoms with van der Waals surface area (Å²) in [6, 6.07) is 9.17. The number of urea groups is 1. The van der Waals surface area contributed by atoms with E-state index in [9.17, 15) is 13.2 Å². The quantitative estimate of drug-likeness (QED) is 0.254. The maximum atomic E-state index is 13.0. The largest absolute Gasteiger partial charge is 0.338 e. The Kier molecular flexibility index (Phi) is 12.5. The summed E-state index contributed by atoms with van der Waals surface area (Å²) in [4.78, 5) is 19.0. The highest BCUT2D eigenvalue weighted by atomic mass is 32.2. The first-order valence-corrected chi connectivity index (χ1v) is 15.7. The van der Waals surface area contributed by atoms with E-state index in [1.54, 1.807) is 0 Å². The highest BCUT2D eigenvalue weighted by Gasteiger charge is 2.23. The van der Waals surface area contributed by atoms with Gasteiger partial charge in [-0.05, 0) is 63.2 Å². The van der Waals surface area contributed by atoms with Crippen LogP contribution in [0.4, 0.5) is 4.79 Å². The second-order valence-electron chi connectivity index (χ2n) is 10.1. The number of sulfonamides is 1. The molecule has 1 aliphatic carbocycles. The van der Waals surface area contributed by atoms with Crippen LogP contribution >= 0.6 is 0 Å². The fourth-order valence-electron chi connectivity index (χ4n) is 4.90. The number of aromatic nitrogens is 3. The van der Waals surface area contributed by atoms with Crippen LogP contribution in [0.25, 0.3) is 0 Å². The Morgan fingerprint density at radius 3 is 2.55 bits per heavy atom. The summed E-state index contributed by atoms with van der Waals surface area (Å²) in [6.07, 6.45) is 7.87. The molecule has 11 heteroatoms. The van der Waals surface area contributed by atoms with Gasteiger partial charge in [0.2, 0.25) is 10.0 Å². The van der Waals surface area contributed by atoms with Crippen LogP contribution in [0.2, 0.25) is 0 Å². The van der Waals surface area contributed by atoms with Crippen molar-refractivity contribution < 1.29 is 13.2 Å². The molecule has 212 valence electrons. The van der Waals surface area contributed by atoms with Crippen LogP contribution in [0, 0.1) is 5.92 Å². The number of carbonyl (C=O) groups is 1. The molecule has 1 aromatic heterocycles. The van der Waals surface area contributed by atoms with Gasteiger partial charge in [-0.25, -0.2) is 22.9 Å². The zero-order valence-corrected chi connectivity index (χ0v) is 23.7. The normalized spacial score (nSPS) is 15.4. The van der Waals surface area contributed by atoms with Gasteiger partial charge in [0.15, 0.2) is 5.82 Å². The third kappa shape index (κ3) is 10.7. The Bertz CT molecular complexity index is 1050. The van der Waals surface area contributed by atoms with Crippen LogP contribution in [-0.4, -0.2) is 66.5 Å². The Labute approximate surface area is 227 Å². The van der Waals surface area contributed by atoms with Crippen molar-refractivity contribution in [2.24, 2.45) is 5.92 Å². The topological polar surface area (TPSA) is 132 Å². The number of hydrogen-bond acceptors (Lipinski definition) is 6. The summed E-state index contributed by atoms with van der Waals surface area (Å²) in [5.41, 5.74) is 1.12. The summed E-state index contributed by atoms with van der Waals surface area (Å²) in [5, 5.41) is 12.9. The minimum Gasteiger partial charge on any atom is -0.338 e. The second-order valence-corrected chi connectivity index (χ2v) is 12.0. The van der Waals surface area contributed by atoms with Crippen molar-refractivity contribution in [3.63, 3.8) is 0 Å². The van der Waals surface area contributed by atoms with Crippen LogP contribution in [0.5, 0.6) is 0 Å². The minimum atomic E-state index is -3.52. The number of amides is 2. The van der Waals surface area contributed by atoms with Crippen molar-refractivity contribution in [3.05, 3.63) is 47.5 Å². The Balaban J connectivity index is 1.56. The zero-order valence-electron chi connectivity index (χ0n) is 22.9. The molecule has 1 atom stereocenters. The molecule has 1 fully saturated rings. The molecule has 38 heavy (non-hydrogen) atoms. The van der Waals surface area contributed by atoms with E-state index in [4.69, 9.17) is 0 Å². The van der Waals surface area contributed by atoms with Crippen LogP contribution in [-0.2, 0) is 23.0 Å². The van der Waals surface area contributed by atoms with E-state index in [0.29, 0.717) is 43.4 Å². The summed E-state index contributed by atoms with van der Waals surface area (Å²) < 4.78 is 28.7. The molecule has 0 bridgehead atoms. The average molecular weight is 548 g/mol. The van der Waals surface area contributed by atoms with Crippen molar-refractivity contribution in [3.8, 4) is 0 Å². The summed E-state index contributed by atoms with van der Waals surface area (Å²) in [5.74, 6) is 1.47. The Hall–Kier alpha value is -2.50. The first-order chi connectivity index (χ1) is 18.4. The van der Waals surface area contributed by atoms with Crippen molar-refractivity contribution in [2.45, 2.75) is 77.8 Å². The Morgan fingerprint density at radius 1 is 1.11 bits per heavy atom. The smallest absolute Gasteiger partial charge is 0.315 e. The number of nitrogens with zero attached hydrogens (tertiary/aromatic N) is 3. The van der Waals surface area contributed by atoms with Gasteiger partial charge in [0.05, 0.1) is 18.3 Å². The zero-order chi connectivity index (χ0) is 27.2. The fraction of sp³-hybridized carbons (Fsp3) is 0.667. The lowest BCUT2D eigenvalue weighted by atomic mass is 9.89. The van der Waals surface area contributed by atoms with Crippen LogP contribution in [0.1, 0.15) is 82.0 Å². The molecule has 1 saturated carbocycles. The summed E-state index contributed by atoms with van der Waals surface area (Å²) >= 11 is 0. The molecule has 0 spiro atoms. The number of nitrogens with one attached hydrogen (secondary N) is 4.